The first-order chi connectivity index (χ1) is 15.7. The molecule has 34 heavy (non-hydrogen) atoms. The van der Waals surface area contributed by atoms with Gasteiger partial charge in [-0.15, -0.1) is 0 Å². The van der Waals surface area contributed by atoms with Crippen LogP contribution in [0.1, 0.15) is 16.8 Å². The standard InChI is InChI=1S/C15H22BrN4O12PS/c1-34(29,30)32-10-8-18(7-5-16)12-4-3-11(19(22)23)13(14(12)20(24)25)15(21)17-6-2-9-31-33(26,27)28/h3-4H,2,5-10H2,1H3,(H,17,21)(H2,26,27,28). The predicted molar refractivity (Wildman–Crippen MR) is 121 cm³/mol. The maximum atomic E-state index is 12.7. The maximum absolute atomic E-state index is 12.7. The molecule has 1 aromatic carbocycles. The minimum Gasteiger partial charge on any atom is -0.363 e. The van der Waals surface area contributed by atoms with Crippen LogP contribution in [0, 0.1) is 20.2 Å². The number of phosphoric ester groups is 1. The highest BCUT2D eigenvalue weighted by atomic mass is 79.9. The number of hydrogen-bond acceptors (Lipinski definition) is 11. The molecule has 1 rings (SSSR count). The lowest BCUT2D eigenvalue weighted by Crippen LogP contribution is -2.32. The summed E-state index contributed by atoms with van der Waals surface area (Å²) in [7, 11) is -8.51. The fraction of sp³-hybridized carbons (Fsp3) is 0.533. The molecule has 1 aromatic rings. The summed E-state index contributed by atoms with van der Waals surface area (Å²) in [5.41, 5.74) is -2.74. The van der Waals surface area contributed by atoms with E-state index in [1.807, 2.05) is 0 Å². The minimum atomic E-state index is -4.72. The fourth-order valence-corrected chi connectivity index (χ4v) is 3.86. The number of nitro benzene ring substituents is 2. The number of anilines is 1. The highest BCUT2D eigenvalue weighted by Crippen LogP contribution is 2.38. The zero-order valence-corrected chi connectivity index (χ0v) is 21.0. The lowest BCUT2D eigenvalue weighted by Gasteiger charge is -2.24. The summed E-state index contributed by atoms with van der Waals surface area (Å²) in [6.45, 7) is -1.13. The van der Waals surface area contributed by atoms with Gasteiger partial charge in [0.15, 0.2) is 5.56 Å². The number of halogens is 1. The van der Waals surface area contributed by atoms with E-state index in [0.717, 1.165) is 18.4 Å². The Morgan fingerprint density at radius 3 is 2.35 bits per heavy atom. The van der Waals surface area contributed by atoms with E-state index in [4.69, 9.17) is 9.79 Å². The first-order valence-corrected chi connectivity index (χ1v) is 13.7. The van der Waals surface area contributed by atoms with Crippen LogP contribution in [-0.2, 0) is 23.4 Å². The van der Waals surface area contributed by atoms with Gasteiger partial charge in [0.05, 0.1) is 29.3 Å². The van der Waals surface area contributed by atoms with Crippen LogP contribution in [0.4, 0.5) is 17.1 Å². The highest BCUT2D eigenvalue weighted by Gasteiger charge is 2.35. The van der Waals surface area contributed by atoms with Crippen LogP contribution in [0.3, 0.4) is 0 Å². The lowest BCUT2D eigenvalue weighted by molar-refractivity contribution is -0.394. The Balaban J connectivity index is 3.31. The van der Waals surface area contributed by atoms with E-state index in [-0.39, 0.29) is 43.7 Å². The summed E-state index contributed by atoms with van der Waals surface area (Å²) in [6, 6.07) is 1.98. The van der Waals surface area contributed by atoms with Crippen molar-refractivity contribution in [1.82, 2.24) is 5.32 Å². The number of rotatable bonds is 15. The minimum absolute atomic E-state index is 0.101. The Bertz CT molecular complexity index is 1060. The molecule has 0 aliphatic carbocycles. The molecule has 19 heteroatoms. The number of benzene rings is 1. The van der Waals surface area contributed by atoms with Crippen molar-refractivity contribution in [2.45, 2.75) is 6.42 Å². The van der Waals surface area contributed by atoms with Gasteiger partial charge in [-0.3, -0.25) is 33.7 Å². The molecular formula is C15H22BrN4O12PS. The van der Waals surface area contributed by atoms with Crippen LogP contribution in [0.25, 0.3) is 0 Å². The van der Waals surface area contributed by atoms with E-state index in [1.165, 1.54) is 4.90 Å². The van der Waals surface area contributed by atoms with Crippen molar-refractivity contribution in [3.05, 3.63) is 37.9 Å². The van der Waals surface area contributed by atoms with Gasteiger partial charge < -0.3 is 20.0 Å². The second-order valence-corrected chi connectivity index (χ2v) is 10.2. The monoisotopic (exact) mass is 592 g/mol. The van der Waals surface area contributed by atoms with Crippen molar-refractivity contribution in [1.29, 1.82) is 0 Å². The number of amides is 1. The average molecular weight is 593 g/mol. The van der Waals surface area contributed by atoms with Crippen molar-refractivity contribution in [2.75, 3.05) is 49.3 Å². The van der Waals surface area contributed by atoms with Crippen molar-refractivity contribution in [3.63, 3.8) is 0 Å². The third-order valence-corrected chi connectivity index (χ3v) is 5.43. The number of nitrogens with zero attached hydrogens (tertiary/aromatic N) is 3. The summed E-state index contributed by atoms with van der Waals surface area (Å²) in [5, 5.41) is 25.8. The molecule has 1 amide bonds. The zero-order valence-electron chi connectivity index (χ0n) is 17.7. The van der Waals surface area contributed by atoms with Crippen LogP contribution in [0.15, 0.2) is 12.1 Å². The summed E-state index contributed by atoms with van der Waals surface area (Å²) >= 11 is 3.16. The van der Waals surface area contributed by atoms with Gasteiger partial charge in [0.2, 0.25) is 0 Å². The van der Waals surface area contributed by atoms with Gasteiger partial charge in [0.1, 0.15) is 5.69 Å². The molecule has 0 heterocycles. The van der Waals surface area contributed by atoms with Crippen LogP contribution in [-0.4, -0.2) is 78.4 Å². The normalized spacial score (nSPS) is 11.8. The number of carbonyl (C=O) groups is 1. The molecule has 0 fully saturated rings. The predicted octanol–water partition coefficient (Wildman–Crippen LogP) is 0.910. The summed E-state index contributed by atoms with van der Waals surface area (Å²) < 4.78 is 41.9. The van der Waals surface area contributed by atoms with Crippen molar-refractivity contribution < 1.29 is 46.1 Å². The summed E-state index contributed by atoms with van der Waals surface area (Å²) in [6.07, 6.45) is 0.722. The van der Waals surface area contributed by atoms with E-state index >= 15 is 0 Å². The number of hydrogen-bond donors (Lipinski definition) is 3. The number of nitrogens with one attached hydrogen (secondary N) is 1. The first kappa shape index (κ1) is 29.8. The largest absolute Gasteiger partial charge is 0.469 e. The number of phosphoric acid groups is 1. The molecule has 0 aromatic heterocycles. The molecule has 0 saturated heterocycles. The van der Waals surface area contributed by atoms with Gasteiger partial charge in [-0.05, 0) is 12.5 Å². The second kappa shape index (κ2) is 13.0. The Labute approximate surface area is 202 Å². The van der Waals surface area contributed by atoms with E-state index in [9.17, 15) is 38.0 Å². The van der Waals surface area contributed by atoms with Gasteiger partial charge in [-0.1, -0.05) is 15.9 Å². The second-order valence-electron chi connectivity index (χ2n) is 6.48. The fourth-order valence-electron chi connectivity index (χ4n) is 2.69. The third kappa shape index (κ3) is 9.96. The Kier molecular flexibility index (Phi) is 11.4. The number of alkyl halides is 1. The molecule has 3 N–H and O–H groups in total. The third-order valence-electron chi connectivity index (χ3n) is 3.96. The smallest absolute Gasteiger partial charge is 0.363 e. The Hall–Kier alpha value is -2.21. The van der Waals surface area contributed by atoms with Crippen molar-refractivity contribution in [2.24, 2.45) is 0 Å². The number of nitro groups is 2. The SMILES string of the molecule is CS(=O)(=O)OCCN(CCBr)c1ccc([N+](=O)[O-])c(C(=O)NCCCOP(=O)(O)O)c1[N+](=O)[O-]. The first-order valence-electron chi connectivity index (χ1n) is 9.27. The molecule has 0 radical (unpaired) electrons. The zero-order chi connectivity index (χ0) is 26.1. The van der Waals surface area contributed by atoms with Gasteiger partial charge in [-0.25, -0.2) is 4.57 Å². The molecule has 192 valence electrons. The molecule has 0 saturated carbocycles. The quantitative estimate of drug-likeness (QED) is 0.0642. The Morgan fingerprint density at radius 2 is 1.85 bits per heavy atom. The van der Waals surface area contributed by atoms with Crippen LogP contribution in [0.5, 0.6) is 0 Å². The molecule has 0 aliphatic heterocycles. The molecule has 16 nitrogen and oxygen atoms in total. The molecule has 0 spiro atoms. The van der Waals surface area contributed by atoms with Gasteiger partial charge in [-0.2, -0.15) is 8.42 Å². The average Bonchev–Trinajstić information content (AvgIpc) is 2.69. The van der Waals surface area contributed by atoms with Crippen LogP contribution < -0.4 is 10.2 Å². The van der Waals surface area contributed by atoms with E-state index < -0.39 is 57.2 Å². The molecular weight excluding hydrogens is 571 g/mol. The van der Waals surface area contributed by atoms with Gasteiger partial charge >= 0.3 is 13.5 Å². The van der Waals surface area contributed by atoms with Crippen LogP contribution in [0.2, 0.25) is 0 Å². The van der Waals surface area contributed by atoms with Gasteiger partial charge in [0.25, 0.3) is 21.7 Å². The summed E-state index contributed by atoms with van der Waals surface area (Å²) in [4.78, 5) is 52.7. The molecule has 0 aliphatic rings. The van der Waals surface area contributed by atoms with Gasteiger partial charge in [0, 0.05) is 31.0 Å². The van der Waals surface area contributed by atoms with E-state index in [1.54, 1.807) is 0 Å². The highest BCUT2D eigenvalue weighted by molar-refractivity contribution is 9.09. The van der Waals surface area contributed by atoms with Crippen molar-refractivity contribution in [3.8, 4) is 0 Å². The molecule has 0 bridgehead atoms. The van der Waals surface area contributed by atoms with E-state index in [2.05, 4.69) is 30.0 Å². The van der Waals surface area contributed by atoms with Crippen molar-refractivity contribution >= 4 is 56.8 Å². The lowest BCUT2D eigenvalue weighted by atomic mass is 10.1. The molecule has 0 unspecified atom stereocenters. The maximum Gasteiger partial charge on any atom is 0.469 e. The topological polar surface area (TPSA) is 229 Å². The van der Waals surface area contributed by atoms with Crippen LogP contribution >= 0.6 is 23.8 Å². The summed E-state index contributed by atoms with van der Waals surface area (Å²) in [5.74, 6) is -1.16. The Morgan fingerprint density at radius 1 is 1.21 bits per heavy atom. The molecule has 0 atom stereocenters. The number of carbonyl (C=O) groups excluding carboxylic acids is 1. The van der Waals surface area contributed by atoms with E-state index in [0.29, 0.717) is 0 Å².